The van der Waals surface area contributed by atoms with E-state index in [4.69, 9.17) is 55.0 Å². The van der Waals surface area contributed by atoms with Gasteiger partial charge in [0.25, 0.3) is 16.7 Å². The molecular formula is C83H82BrCl3N20O3. The normalized spacial score (nSPS) is 14.4. The minimum atomic E-state index is -0.169. The Hall–Kier alpha value is -10.6. The summed E-state index contributed by atoms with van der Waals surface area (Å²) in [5.74, 6) is 2.47. The first-order valence-electron chi connectivity index (χ1n) is 36.8. The molecule has 0 saturated carbocycles. The fourth-order valence-electron chi connectivity index (χ4n) is 14.2. The summed E-state index contributed by atoms with van der Waals surface area (Å²) in [6.45, 7) is 20.0. The van der Waals surface area contributed by atoms with E-state index in [0.717, 1.165) is 116 Å². The molecule has 6 aromatic carbocycles. The molecule has 13 aromatic rings. The van der Waals surface area contributed by atoms with Crippen molar-refractivity contribution in [2.75, 3.05) is 114 Å². The lowest BCUT2D eigenvalue weighted by molar-refractivity contribution is 0.313. The summed E-state index contributed by atoms with van der Waals surface area (Å²) in [6, 6.07) is 49.2. The third-order valence-electron chi connectivity index (χ3n) is 20.6. The van der Waals surface area contributed by atoms with Crippen molar-refractivity contribution in [2.45, 2.75) is 59.7 Å². The van der Waals surface area contributed by atoms with Crippen LogP contribution in [-0.2, 0) is 38.9 Å². The molecule has 0 amide bonds. The van der Waals surface area contributed by atoms with Gasteiger partial charge in [-0.05, 0) is 149 Å². The van der Waals surface area contributed by atoms with Gasteiger partial charge in [-0.25, -0.2) is 29.9 Å². The quantitative estimate of drug-likeness (QED) is 0.0945. The molecule has 0 atom stereocenters. The number of H-pyrrole nitrogens is 1. The SMILES string of the molecule is CCn1c(=O)c(-c2ccc(-c3nn[nH]n3)cc2Cl)cc2cnc(Cc3ccc(N4CCN(C)CC4)cc3)nc21.CCn1c(=O)c(-c2ccc(Br)cc2Cl)cc2cnc(Cc3ccc(N4CCN(C)CC4)cc3)nc21.CCn1c(=O)c(-c2ccc(C#N)cc2Cl)cc2cnc(Cc3ccc(N4CCN(C)CC4)cc3)nc21. The van der Waals surface area contributed by atoms with Crippen molar-refractivity contribution >= 4 is 101 Å². The maximum atomic E-state index is 13.6. The van der Waals surface area contributed by atoms with E-state index in [2.05, 4.69) is 181 Å². The van der Waals surface area contributed by atoms with Crippen LogP contribution in [0.3, 0.4) is 0 Å². The predicted molar refractivity (Wildman–Crippen MR) is 442 cm³/mol. The topological polar surface area (TPSA) is 241 Å². The third-order valence-corrected chi connectivity index (χ3v) is 22.0. The Bertz CT molecular complexity index is 5740. The highest BCUT2D eigenvalue weighted by atomic mass is 79.9. The Morgan fingerprint density at radius 3 is 1.09 bits per heavy atom. The zero-order chi connectivity index (χ0) is 76.7. The van der Waals surface area contributed by atoms with Gasteiger partial charge in [-0.3, -0.25) is 28.1 Å². The molecule has 0 aliphatic carbocycles. The van der Waals surface area contributed by atoms with Crippen LogP contribution >= 0.6 is 50.7 Å². The van der Waals surface area contributed by atoms with Crippen molar-refractivity contribution < 1.29 is 0 Å². The van der Waals surface area contributed by atoms with Gasteiger partial charge in [-0.2, -0.15) is 10.5 Å². The third kappa shape index (κ3) is 17.0. The first kappa shape index (κ1) is 76.2. The van der Waals surface area contributed by atoms with Crippen molar-refractivity contribution in [3.63, 3.8) is 0 Å². The lowest BCUT2D eigenvalue weighted by atomic mass is 10.0. The van der Waals surface area contributed by atoms with Gasteiger partial charge in [0.15, 0.2) is 0 Å². The molecule has 3 fully saturated rings. The number of benzene rings is 6. The Morgan fingerprint density at radius 2 is 0.773 bits per heavy atom. The van der Waals surface area contributed by atoms with Gasteiger partial charge in [0.1, 0.15) is 34.4 Å². The number of aromatic nitrogens is 13. The molecule has 16 rings (SSSR count). The van der Waals surface area contributed by atoms with Crippen LogP contribution in [-0.4, -0.2) is 179 Å². The smallest absolute Gasteiger partial charge is 0.260 e. The average Bonchev–Trinajstić information content (AvgIpc) is 0.826. The number of halogens is 4. The molecule has 27 heteroatoms. The molecule has 7 aromatic heterocycles. The summed E-state index contributed by atoms with van der Waals surface area (Å²) >= 11 is 22.9. The number of hydrogen-bond acceptors (Lipinski definition) is 19. The lowest BCUT2D eigenvalue weighted by Gasteiger charge is -2.34. The minimum Gasteiger partial charge on any atom is -0.369 e. The molecular weight excluding hydrogens is 1510 g/mol. The standard InChI is InChI=1S/C28H28ClN9O.C28H27ClN6O.C27H27BrClN5O/c1-3-38-27-20(15-23(28(38)39)22-9-6-19(16-24(22)29)26-32-34-35-33-26)17-30-25(31-27)14-18-4-7-21(8-5-18)37-12-10-36(2)11-13-37;1-3-35-27-21(16-24(28(35)36)23-9-6-20(17-30)14-25(23)29)18-31-26(32-27)15-19-4-7-22(8-5-19)34-12-10-33(2)11-13-34;1-3-34-26-19(15-23(27(34)35)22-9-6-20(28)16-24(22)29)17-30-25(31-26)14-18-4-7-21(8-5-18)33-12-10-32(2)11-13-33/h4-9,15-17H,3,10-14H2,1-2H3,(H,32,33,34,35);4-9,14,16,18H,3,10-13,15H2,1-2H3;4-9,15-17H,3,10-14H2,1-2H3. The van der Waals surface area contributed by atoms with Crippen LogP contribution in [0.4, 0.5) is 17.1 Å². The molecule has 23 nitrogen and oxygen atoms in total. The van der Waals surface area contributed by atoms with Crippen LogP contribution in [0.5, 0.6) is 0 Å². The van der Waals surface area contributed by atoms with E-state index in [1.807, 2.05) is 51.1 Å². The zero-order valence-corrected chi connectivity index (χ0v) is 65.9. The Kier molecular flexibility index (Phi) is 23.6. The van der Waals surface area contributed by atoms with Crippen LogP contribution in [0.1, 0.15) is 60.5 Å². The van der Waals surface area contributed by atoms with Gasteiger partial charge in [0.05, 0.1) is 11.6 Å². The zero-order valence-electron chi connectivity index (χ0n) is 62.1. The average molecular weight is 1590 g/mol. The van der Waals surface area contributed by atoms with E-state index in [1.54, 1.807) is 74.8 Å². The van der Waals surface area contributed by atoms with Gasteiger partial charge in [-0.15, -0.1) is 10.2 Å². The largest absolute Gasteiger partial charge is 0.369 e. The second kappa shape index (κ2) is 34.1. The number of pyridine rings is 3. The molecule has 110 heavy (non-hydrogen) atoms. The number of nitriles is 1. The van der Waals surface area contributed by atoms with Crippen LogP contribution in [0.15, 0.2) is 183 Å². The van der Waals surface area contributed by atoms with Gasteiger partial charge in [0, 0.05) is 228 Å². The van der Waals surface area contributed by atoms with Gasteiger partial charge >= 0.3 is 0 Å². The monoisotopic (exact) mass is 1590 g/mol. The number of hydrogen-bond donors (Lipinski definition) is 1. The van der Waals surface area contributed by atoms with Gasteiger partial charge < -0.3 is 29.4 Å². The molecule has 0 spiro atoms. The summed E-state index contributed by atoms with van der Waals surface area (Å²) in [6.07, 6.45) is 7.13. The summed E-state index contributed by atoms with van der Waals surface area (Å²) in [5, 5.41) is 26.8. The minimum absolute atomic E-state index is 0.106. The summed E-state index contributed by atoms with van der Waals surface area (Å²) in [7, 11) is 6.48. The van der Waals surface area contributed by atoms with Crippen molar-refractivity contribution in [1.29, 1.82) is 5.26 Å². The Morgan fingerprint density at radius 1 is 0.427 bits per heavy atom. The highest BCUT2D eigenvalue weighted by molar-refractivity contribution is 9.10. The van der Waals surface area contributed by atoms with E-state index >= 15 is 0 Å². The predicted octanol–water partition coefficient (Wildman–Crippen LogP) is 13.2. The first-order chi connectivity index (χ1) is 53.4. The number of fused-ring (bicyclic) bond motifs is 3. The molecule has 10 heterocycles. The maximum Gasteiger partial charge on any atom is 0.260 e. The second-order valence-electron chi connectivity index (χ2n) is 27.8. The van der Waals surface area contributed by atoms with Gasteiger partial charge in [0.2, 0.25) is 5.82 Å². The molecule has 0 radical (unpaired) electrons. The van der Waals surface area contributed by atoms with Crippen LogP contribution in [0.25, 0.3) is 77.9 Å². The first-order valence-corrected chi connectivity index (χ1v) is 38.8. The van der Waals surface area contributed by atoms with Crippen LogP contribution < -0.4 is 31.4 Å². The number of aryl methyl sites for hydroxylation is 3. The molecule has 0 bridgehead atoms. The Balaban J connectivity index is 0.000000138. The van der Waals surface area contributed by atoms with E-state index in [1.165, 1.54) is 17.1 Å². The van der Waals surface area contributed by atoms with E-state index in [9.17, 15) is 14.4 Å². The number of piperazine rings is 3. The molecule has 560 valence electrons. The molecule has 3 aliphatic rings. The fraction of sp³-hybridized carbons (Fsp3) is 0.289. The highest BCUT2D eigenvalue weighted by Gasteiger charge is 2.23. The second-order valence-corrected chi connectivity index (χ2v) is 29.9. The van der Waals surface area contributed by atoms with E-state index in [-0.39, 0.29) is 16.7 Å². The number of nitrogens with zero attached hydrogens (tertiary/aromatic N) is 19. The van der Waals surface area contributed by atoms with Crippen molar-refractivity contribution in [3.05, 3.63) is 255 Å². The lowest BCUT2D eigenvalue weighted by Crippen LogP contribution is -2.44. The number of aromatic amines is 1. The number of tetrazole rings is 1. The molecule has 3 aliphatic heterocycles. The van der Waals surface area contributed by atoms with Crippen LogP contribution in [0, 0.1) is 11.3 Å². The van der Waals surface area contributed by atoms with Crippen molar-refractivity contribution in [3.8, 4) is 50.8 Å². The Labute approximate surface area is 660 Å². The van der Waals surface area contributed by atoms with Gasteiger partial charge in [-0.1, -0.05) is 111 Å². The molecule has 1 N–H and O–H groups in total. The van der Waals surface area contributed by atoms with E-state index in [0.29, 0.717) is 139 Å². The molecule has 0 unspecified atom stereocenters. The fourth-order valence-corrected chi connectivity index (χ4v) is 15.5. The number of likely N-dealkylation sites (N-methyl/N-ethyl adjacent to an activating group) is 3. The summed E-state index contributed by atoms with van der Waals surface area (Å²) in [5.41, 5.74) is 13.1. The highest BCUT2D eigenvalue weighted by Crippen LogP contribution is 2.34. The van der Waals surface area contributed by atoms with Crippen LogP contribution in [0.2, 0.25) is 15.1 Å². The summed E-state index contributed by atoms with van der Waals surface area (Å²) < 4.78 is 5.90. The van der Waals surface area contributed by atoms with Crippen molar-refractivity contribution in [2.24, 2.45) is 0 Å². The maximum absolute atomic E-state index is 13.6. The summed E-state index contributed by atoms with van der Waals surface area (Å²) in [4.78, 5) is 82.8. The number of anilines is 3. The molecule has 3 saturated heterocycles. The van der Waals surface area contributed by atoms with E-state index < -0.39 is 0 Å². The number of nitrogens with one attached hydrogen (secondary N) is 1. The van der Waals surface area contributed by atoms with Crippen molar-refractivity contribution in [1.82, 2.24) is 78.9 Å². The number of rotatable bonds is 16.